The van der Waals surface area contributed by atoms with Crippen molar-refractivity contribution in [3.05, 3.63) is 0 Å². The molecule has 118 valence electrons. The molecule has 0 aromatic heterocycles. The summed E-state index contributed by atoms with van der Waals surface area (Å²) < 4.78 is 5.44. The fourth-order valence-electron chi connectivity index (χ4n) is 4.18. The Hall–Kier alpha value is -1.10. The average molecular weight is 295 g/mol. The van der Waals surface area contributed by atoms with Gasteiger partial charge in [0.05, 0.1) is 5.92 Å². The van der Waals surface area contributed by atoms with Gasteiger partial charge in [-0.2, -0.15) is 0 Å². The highest BCUT2D eigenvalue weighted by Crippen LogP contribution is 2.41. The predicted molar refractivity (Wildman–Crippen MR) is 76.8 cm³/mol. The molecule has 3 rings (SSSR count). The Morgan fingerprint density at radius 3 is 2.24 bits per heavy atom. The van der Waals surface area contributed by atoms with Gasteiger partial charge in [-0.15, -0.1) is 0 Å². The van der Waals surface area contributed by atoms with E-state index in [1.807, 2.05) is 4.90 Å². The number of aliphatic carboxylic acids is 1. The van der Waals surface area contributed by atoms with Crippen LogP contribution in [0.25, 0.3) is 0 Å². The molecule has 2 saturated heterocycles. The van der Waals surface area contributed by atoms with E-state index >= 15 is 0 Å². The van der Waals surface area contributed by atoms with Crippen LogP contribution >= 0.6 is 0 Å². The lowest BCUT2D eigenvalue weighted by atomic mass is 9.79. The van der Waals surface area contributed by atoms with Crippen LogP contribution in [0.2, 0.25) is 0 Å². The van der Waals surface area contributed by atoms with Gasteiger partial charge < -0.3 is 14.7 Å². The Bertz CT molecular complexity index is 409. The number of hydrogen-bond acceptors (Lipinski definition) is 3. The Balaban J connectivity index is 1.54. The molecule has 1 spiro atoms. The number of carbonyl (C=O) groups is 2. The van der Waals surface area contributed by atoms with Gasteiger partial charge in [-0.25, -0.2) is 0 Å². The van der Waals surface area contributed by atoms with Gasteiger partial charge in [0.1, 0.15) is 0 Å². The second kappa shape index (κ2) is 5.95. The van der Waals surface area contributed by atoms with E-state index in [-0.39, 0.29) is 17.7 Å². The monoisotopic (exact) mass is 295 g/mol. The van der Waals surface area contributed by atoms with Crippen molar-refractivity contribution in [2.45, 2.75) is 44.9 Å². The van der Waals surface area contributed by atoms with Crippen LogP contribution in [0.3, 0.4) is 0 Å². The molecule has 0 atom stereocenters. The van der Waals surface area contributed by atoms with Crippen LogP contribution in [0.4, 0.5) is 0 Å². The number of rotatable bonds is 2. The highest BCUT2D eigenvalue weighted by Gasteiger charge is 2.42. The summed E-state index contributed by atoms with van der Waals surface area (Å²) in [6.07, 6.45) is 6.03. The zero-order valence-electron chi connectivity index (χ0n) is 12.6. The summed E-state index contributed by atoms with van der Waals surface area (Å²) in [4.78, 5) is 25.7. The average Bonchev–Trinajstić information content (AvgIpc) is 2.91. The van der Waals surface area contributed by atoms with Crippen molar-refractivity contribution in [3.8, 4) is 0 Å². The first-order chi connectivity index (χ1) is 10.1. The summed E-state index contributed by atoms with van der Waals surface area (Å²) in [5.74, 6) is -0.629. The van der Waals surface area contributed by atoms with Gasteiger partial charge in [0.15, 0.2) is 0 Å². The molecule has 3 fully saturated rings. The van der Waals surface area contributed by atoms with Crippen molar-refractivity contribution in [1.82, 2.24) is 4.90 Å². The molecule has 0 aromatic carbocycles. The van der Waals surface area contributed by atoms with E-state index in [1.54, 1.807) is 0 Å². The first-order valence-electron chi connectivity index (χ1n) is 8.19. The molecule has 5 nitrogen and oxygen atoms in total. The van der Waals surface area contributed by atoms with E-state index in [0.29, 0.717) is 18.3 Å². The first kappa shape index (κ1) is 14.8. The number of hydrogen-bond donors (Lipinski definition) is 1. The van der Waals surface area contributed by atoms with Gasteiger partial charge in [0.2, 0.25) is 5.91 Å². The van der Waals surface area contributed by atoms with Crippen molar-refractivity contribution in [2.24, 2.45) is 17.3 Å². The second-order valence-corrected chi connectivity index (χ2v) is 7.01. The molecule has 1 saturated carbocycles. The van der Waals surface area contributed by atoms with Crippen molar-refractivity contribution < 1.29 is 19.4 Å². The van der Waals surface area contributed by atoms with Gasteiger partial charge in [0.25, 0.3) is 0 Å². The Morgan fingerprint density at radius 2 is 1.62 bits per heavy atom. The van der Waals surface area contributed by atoms with Crippen LogP contribution in [0, 0.1) is 17.3 Å². The number of amides is 1. The maximum atomic E-state index is 12.7. The third-order valence-corrected chi connectivity index (χ3v) is 5.73. The highest BCUT2D eigenvalue weighted by molar-refractivity contribution is 5.80. The predicted octanol–water partition coefficient (Wildman–Crippen LogP) is 1.91. The summed E-state index contributed by atoms with van der Waals surface area (Å²) in [6.45, 7) is 3.41. The molecule has 5 heteroatoms. The minimum Gasteiger partial charge on any atom is -0.481 e. The number of ether oxygens (including phenoxy) is 1. The minimum absolute atomic E-state index is 0.0515. The second-order valence-electron chi connectivity index (χ2n) is 7.01. The van der Waals surface area contributed by atoms with Crippen molar-refractivity contribution in [2.75, 3.05) is 26.3 Å². The number of likely N-dealkylation sites (tertiary alicyclic amines) is 1. The largest absolute Gasteiger partial charge is 0.481 e. The summed E-state index contributed by atoms with van der Waals surface area (Å²) in [6, 6.07) is 0. The van der Waals surface area contributed by atoms with E-state index in [9.17, 15) is 9.59 Å². The first-order valence-corrected chi connectivity index (χ1v) is 8.19. The third-order valence-electron chi connectivity index (χ3n) is 5.73. The lowest BCUT2D eigenvalue weighted by molar-refractivity contribution is -0.145. The molecule has 3 aliphatic rings. The van der Waals surface area contributed by atoms with Crippen LogP contribution in [0.15, 0.2) is 0 Å². The fraction of sp³-hybridized carbons (Fsp3) is 0.875. The zero-order valence-corrected chi connectivity index (χ0v) is 12.6. The molecular weight excluding hydrogens is 270 g/mol. The SMILES string of the molecule is O=C(O)C1CCC(C(=O)N2CCC3(CCOCC3)C2)CC1. The lowest BCUT2D eigenvalue weighted by Gasteiger charge is -2.34. The number of nitrogens with zero attached hydrogens (tertiary/aromatic N) is 1. The van der Waals surface area contributed by atoms with Gasteiger partial charge in [-0.05, 0) is 50.4 Å². The fourth-order valence-corrected chi connectivity index (χ4v) is 4.18. The van der Waals surface area contributed by atoms with Gasteiger partial charge >= 0.3 is 5.97 Å². The molecule has 0 radical (unpaired) electrons. The number of carboxylic acid groups (broad SMARTS) is 1. The smallest absolute Gasteiger partial charge is 0.306 e. The van der Waals surface area contributed by atoms with E-state index in [2.05, 4.69) is 0 Å². The van der Waals surface area contributed by atoms with Gasteiger partial charge in [-0.1, -0.05) is 0 Å². The number of carboxylic acids is 1. The van der Waals surface area contributed by atoms with E-state index in [4.69, 9.17) is 9.84 Å². The molecule has 1 amide bonds. The third kappa shape index (κ3) is 3.07. The highest BCUT2D eigenvalue weighted by atomic mass is 16.5. The molecule has 1 N–H and O–H groups in total. The summed E-state index contributed by atoms with van der Waals surface area (Å²) in [5.41, 5.74) is 0.298. The Kier molecular flexibility index (Phi) is 4.20. The number of carbonyl (C=O) groups excluding carboxylic acids is 1. The maximum Gasteiger partial charge on any atom is 0.306 e. The molecule has 0 bridgehead atoms. The van der Waals surface area contributed by atoms with Crippen LogP contribution in [0.5, 0.6) is 0 Å². The van der Waals surface area contributed by atoms with Crippen LogP contribution in [-0.2, 0) is 14.3 Å². The molecule has 0 aromatic rings. The van der Waals surface area contributed by atoms with Crippen LogP contribution < -0.4 is 0 Å². The van der Waals surface area contributed by atoms with E-state index < -0.39 is 5.97 Å². The summed E-state index contributed by atoms with van der Waals surface area (Å²) >= 11 is 0. The topological polar surface area (TPSA) is 66.8 Å². The molecule has 1 aliphatic carbocycles. The molecule has 2 heterocycles. The van der Waals surface area contributed by atoms with Crippen molar-refractivity contribution in [3.63, 3.8) is 0 Å². The Labute approximate surface area is 125 Å². The maximum absolute atomic E-state index is 12.7. The van der Waals surface area contributed by atoms with Crippen LogP contribution in [0.1, 0.15) is 44.9 Å². The molecule has 21 heavy (non-hydrogen) atoms. The molecule has 0 unspecified atom stereocenters. The Morgan fingerprint density at radius 1 is 1.00 bits per heavy atom. The van der Waals surface area contributed by atoms with Gasteiger partial charge in [-0.3, -0.25) is 9.59 Å². The summed E-state index contributed by atoms with van der Waals surface area (Å²) in [5, 5.41) is 9.03. The molecule has 2 aliphatic heterocycles. The molecular formula is C16H25NO4. The standard InChI is InChI=1S/C16H25NO4/c18-14(12-1-3-13(4-2-12)15(19)20)17-8-5-16(11-17)6-9-21-10-7-16/h12-13H,1-11H2,(H,19,20). The van der Waals surface area contributed by atoms with Crippen molar-refractivity contribution >= 4 is 11.9 Å². The van der Waals surface area contributed by atoms with E-state index in [1.165, 1.54) is 0 Å². The van der Waals surface area contributed by atoms with Crippen molar-refractivity contribution in [1.29, 1.82) is 0 Å². The van der Waals surface area contributed by atoms with E-state index in [0.717, 1.165) is 58.4 Å². The normalized spacial score (nSPS) is 32.3. The van der Waals surface area contributed by atoms with Gasteiger partial charge in [0, 0.05) is 32.2 Å². The lowest BCUT2D eigenvalue weighted by Crippen LogP contribution is -2.39. The van der Waals surface area contributed by atoms with Crippen LogP contribution in [-0.4, -0.2) is 48.2 Å². The minimum atomic E-state index is -0.705. The summed E-state index contributed by atoms with van der Waals surface area (Å²) in [7, 11) is 0. The zero-order chi connectivity index (χ0) is 14.9. The quantitative estimate of drug-likeness (QED) is 0.845.